The zero-order chi connectivity index (χ0) is 7.61. The summed E-state index contributed by atoms with van der Waals surface area (Å²) in [7, 11) is 0. The molecule has 3 nitrogen and oxygen atoms in total. The highest BCUT2D eigenvalue weighted by Crippen LogP contribution is 2.14. The molecule has 0 aromatic rings. The van der Waals surface area contributed by atoms with E-state index >= 15 is 0 Å². The van der Waals surface area contributed by atoms with Gasteiger partial charge in [0.15, 0.2) is 0 Å². The maximum atomic E-state index is 8.90. The Hall–Kier alpha value is 0.610. The van der Waals surface area contributed by atoms with Crippen LogP contribution in [0.3, 0.4) is 0 Å². The normalized spacial score (nSPS) is 41.7. The lowest BCUT2D eigenvalue weighted by Gasteiger charge is -2.35. The molecule has 3 N–H and O–H groups in total. The number of hydrogen-bond acceptors (Lipinski definition) is 3. The molecule has 0 aromatic heterocycles. The van der Waals surface area contributed by atoms with Crippen molar-refractivity contribution in [3.05, 3.63) is 0 Å². The highest BCUT2D eigenvalue weighted by atomic mass is 127. The molecule has 0 spiro atoms. The molecule has 1 rings (SSSR count). The summed E-state index contributed by atoms with van der Waals surface area (Å²) in [6, 6.07) is 0. The average Bonchev–Trinajstić information content (AvgIpc) is 1.96. The van der Waals surface area contributed by atoms with Crippen molar-refractivity contribution in [2.24, 2.45) is 5.92 Å². The van der Waals surface area contributed by atoms with E-state index in [0.29, 0.717) is 5.92 Å². The second-order valence-corrected chi connectivity index (χ2v) is 4.67. The third-order valence-corrected chi connectivity index (χ3v) is 2.78. The first-order valence-electron chi connectivity index (χ1n) is 3.46. The van der Waals surface area contributed by atoms with Crippen molar-refractivity contribution in [1.29, 1.82) is 0 Å². The molecule has 0 atom stereocenters. The molecule has 0 amide bonds. The molecule has 0 aromatic carbocycles. The van der Waals surface area contributed by atoms with Crippen LogP contribution < -0.4 is 10.6 Å². The molecule has 0 bridgehead atoms. The summed E-state index contributed by atoms with van der Waals surface area (Å²) in [6.45, 7) is 4.28. The van der Waals surface area contributed by atoms with Crippen molar-refractivity contribution < 1.29 is 5.11 Å². The van der Waals surface area contributed by atoms with Crippen molar-refractivity contribution in [2.75, 3.05) is 19.7 Å². The molecule has 0 unspecified atom stereocenters. The van der Waals surface area contributed by atoms with E-state index in [1.54, 1.807) is 0 Å². The van der Waals surface area contributed by atoms with Gasteiger partial charge in [-0.05, 0) is 28.5 Å². The summed E-state index contributed by atoms with van der Waals surface area (Å²) in [5.41, 5.74) is 0. The molecule has 10 heavy (non-hydrogen) atoms. The van der Waals surface area contributed by atoms with Gasteiger partial charge in [0.25, 0.3) is 0 Å². The van der Waals surface area contributed by atoms with Gasteiger partial charge in [0.2, 0.25) is 0 Å². The average molecular weight is 256 g/mol. The summed E-state index contributed by atoms with van der Waals surface area (Å²) in [6.07, 6.45) is 0. The predicted molar refractivity (Wildman–Crippen MR) is 49.0 cm³/mol. The Morgan fingerprint density at radius 2 is 2.10 bits per heavy atom. The van der Waals surface area contributed by atoms with Gasteiger partial charge in [-0.3, -0.25) is 10.6 Å². The Bertz CT molecular complexity index is 112. The monoisotopic (exact) mass is 256 g/mol. The van der Waals surface area contributed by atoms with E-state index in [1.807, 2.05) is 0 Å². The minimum atomic E-state index is -0.274. The van der Waals surface area contributed by atoms with Crippen LogP contribution in [0, 0.1) is 5.92 Å². The molecule has 1 aliphatic rings. The third-order valence-electron chi connectivity index (χ3n) is 1.68. The van der Waals surface area contributed by atoms with Crippen LogP contribution >= 0.6 is 22.6 Å². The number of aliphatic hydroxyl groups excluding tert-OH is 1. The Labute approximate surface area is 74.7 Å². The first-order valence-corrected chi connectivity index (χ1v) is 4.54. The van der Waals surface area contributed by atoms with E-state index in [4.69, 9.17) is 5.11 Å². The van der Waals surface area contributed by atoms with Crippen molar-refractivity contribution >= 4 is 22.6 Å². The molecule has 0 radical (unpaired) electrons. The fourth-order valence-corrected chi connectivity index (χ4v) is 1.36. The van der Waals surface area contributed by atoms with E-state index in [9.17, 15) is 0 Å². The van der Waals surface area contributed by atoms with Crippen LogP contribution in [-0.4, -0.2) is 28.5 Å². The Balaban J connectivity index is 2.38. The molecule has 60 valence electrons. The molecule has 1 saturated heterocycles. The van der Waals surface area contributed by atoms with Gasteiger partial charge in [0.1, 0.15) is 3.67 Å². The molecule has 1 aliphatic heterocycles. The minimum Gasteiger partial charge on any atom is -0.392 e. The van der Waals surface area contributed by atoms with E-state index in [1.165, 1.54) is 0 Å². The highest BCUT2D eigenvalue weighted by Gasteiger charge is 2.28. The van der Waals surface area contributed by atoms with Gasteiger partial charge in [-0.2, -0.15) is 0 Å². The van der Waals surface area contributed by atoms with Crippen LogP contribution in [0.1, 0.15) is 6.92 Å². The smallest absolute Gasteiger partial charge is 0.146 e. The number of nitrogens with one attached hydrogen (secondary N) is 2. The fraction of sp³-hybridized carbons (Fsp3) is 1.00. The van der Waals surface area contributed by atoms with E-state index in [2.05, 4.69) is 40.1 Å². The van der Waals surface area contributed by atoms with Gasteiger partial charge in [-0.1, -0.05) is 6.92 Å². The lowest BCUT2D eigenvalue weighted by Crippen LogP contribution is -2.61. The van der Waals surface area contributed by atoms with Gasteiger partial charge in [0, 0.05) is 13.1 Å². The Morgan fingerprint density at radius 3 is 2.50 bits per heavy atom. The fourth-order valence-electron chi connectivity index (χ4n) is 0.918. The maximum absolute atomic E-state index is 8.90. The van der Waals surface area contributed by atoms with Crippen LogP contribution in [0.5, 0.6) is 0 Å². The lowest BCUT2D eigenvalue weighted by atomic mass is 10.1. The van der Waals surface area contributed by atoms with E-state index in [-0.39, 0.29) is 10.3 Å². The Morgan fingerprint density at radius 1 is 1.60 bits per heavy atom. The van der Waals surface area contributed by atoms with Crippen molar-refractivity contribution in [1.82, 2.24) is 10.6 Å². The van der Waals surface area contributed by atoms with Gasteiger partial charge < -0.3 is 5.11 Å². The van der Waals surface area contributed by atoms with Crippen LogP contribution in [0.15, 0.2) is 0 Å². The van der Waals surface area contributed by atoms with Crippen LogP contribution in [-0.2, 0) is 0 Å². The second-order valence-electron chi connectivity index (χ2n) is 2.83. The summed E-state index contributed by atoms with van der Waals surface area (Å²) < 4.78 is -0.274. The first-order chi connectivity index (χ1) is 4.66. The Kier molecular flexibility index (Phi) is 2.91. The first kappa shape index (κ1) is 8.70. The van der Waals surface area contributed by atoms with Gasteiger partial charge in [0.05, 0.1) is 6.61 Å². The molecular formula is C6H13IN2O. The number of rotatable bonds is 1. The van der Waals surface area contributed by atoms with E-state index in [0.717, 1.165) is 13.1 Å². The number of halogens is 1. The third kappa shape index (κ3) is 2.05. The minimum absolute atomic E-state index is 0.139. The topological polar surface area (TPSA) is 44.3 Å². The molecule has 0 saturated carbocycles. The second kappa shape index (κ2) is 3.34. The van der Waals surface area contributed by atoms with Crippen LogP contribution in [0.25, 0.3) is 0 Å². The van der Waals surface area contributed by atoms with Crippen molar-refractivity contribution in [3.63, 3.8) is 0 Å². The van der Waals surface area contributed by atoms with Gasteiger partial charge in [-0.25, -0.2) is 0 Å². The molecule has 4 heteroatoms. The quantitative estimate of drug-likeness (QED) is 0.348. The summed E-state index contributed by atoms with van der Waals surface area (Å²) in [5.74, 6) is 0.662. The summed E-state index contributed by atoms with van der Waals surface area (Å²) >= 11 is 2.19. The van der Waals surface area contributed by atoms with Crippen molar-refractivity contribution in [2.45, 2.75) is 10.6 Å². The molecule has 1 fully saturated rings. The van der Waals surface area contributed by atoms with E-state index < -0.39 is 0 Å². The molecule has 1 heterocycles. The number of hydrogen-bond donors (Lipinski definition) is 3. The van der Waals surface area contributed by atoms with Gasteiger partial charge >= 0.3 is 0 Å². The number of aliphatic hydroxyl groups is 1. The van der Waals surface area contributed by atoms with Crippen LogP contribution in [0.4, 0.5) is 0 Å². The zero-order valence-corrected chi connectivity index (χ0v) is 8.18. The maximum Gasteiger partial charge on any atom is 0.146 e. The lowest BCUT2D eigenvalue weighted by molar-refractivity contribution is 0.177. The number of alkyl halides is 1. The molecular weight excluding hydrogens is 243 g/mol. The summed E-state index contributed by atoms with van der Waals surface area (Å²) in [4.78, 5) is 0. The highest BCUT2D eigenvalue weighted by molar-refractivity contribution is 14.1. The largest absolute Gasteiger partial charge is 0.392 e. The predicted octanol–water partition coefficient (Wildman–Crippen LogP) is -0.104. The summed E-state index contributed by atoms with van der Waals surface area (Å²) in [5, 5.41) is 15.3. The zero-order valence-electron chi connectivity index (χ0n) is 6.02. The standard InChI is InChI=1S/C6H13IN2O/c1-5-2-8-6(7,4-10)9-3-5/h5,8-10H,2-4H2,1H3. The molecule has 0 aliphatic carbocycles. The SMILES string of the molecule is CC1CNC(I)(CO)NC1. The van der Waals surface area contributed by atoms with Gasteiger partial charge in [-0.15, -0.1) is 0 Å². The van der Waals surface area contributed by atoms with Crippen molar-refractivity contribution in [3.8, 4) is 0 Å². The van der Waals surface area contributed by atoms with Crippen LogP contribution in [0.2, 0.25) is 0 Å².